The molecule has 3 aromatic rings. The predicted octanol–water partition coefficient (Wildman–Crippen LogP) is 4.13. The Morgan fingerprint density at radius 3 is 2.61 bits per heavy atom. The third kappa shape index (κ3) is 6.46. The zero-order valence-electron chi connectivity index (χ0n) is 19.1. The molecule has 170 valence electrons. The molecule has 0 atom stereocenters. The first-order valence-corrected chi connectivity index (χ1v) is 10.5. The molecule has 0 unspecified atom stereocenters. The molecule has 33 heavy (non-hydrogen) atoms. The van der Waals surface area contributed by atoms with E-state index in [4.69, 9.17) is 11.3 Å². The molecule has 1 N–H and O–H groups in total. The highest BCUT2D eigenvalue weighted by Crippen LogP contribution is 2.26. The normalized spacial score (nSPS) is 11.0. The molecule has 0 fully saturated rings. The SMILES string of the molecule is [C-]#[N+]c1ccc(-c2ncc(CCNC(=O)OC(C)(C)C)cn2)c(Cn2cc(C=O)nc2C)c1. The molecular formula is C24H26N6O3. The van der Waals surface area contributed by atoms with Crippen LogP contribution in [-0.2, 0) is 17.7 Å². The van der Waals surface area contributed by atoms with Gasteiger partial charge < -0.3 is 14.6 Å². The van der Waals surface area contributed by atoms with Crippen molar-refractivity contribution in [3.8, 4) is 11.4 Å². The van der Waals surface area contributed by atoms with E-state index < -0.39 is 11.7 Å². The summed E-state index contributed by atoms with van der Waals surface area (Å²) in [6, 6.07) is 5.35. The maximum atomic E-state index is 11.8. The van der Waals surface area contributed by atoms with Gasteiger partial charge in [0, 0.05) is 37.2 Å². The second kappa shape index (κ2) is 10.0. The van der Waals surface area contributed by atoms with Crippen LogP contribution in [0.4, 0.5) is 10.5 Å². The van der Waals surface area contributed by atoms with Crippen molar-refractivity contribution >= 4 is 18.1 Å². The Bertz CT molecular complexity index is 1190. The van der Waals surface area contributed by atoms with Gasteiger partial charge in [-0.05, 0) is 45.2 Å². The van der Waals surface area contributed by atoms with Gasteiger partial charge in [0.15, 0.2) is 17.8 Å². The summed E-state index contributed by atoms with van der Waals surface area (Å²) in [6.45, 7) is 15.4. The Labute approximate surface area is 192 Å². The van der Waals surface area contributed by atoms with E-state index in [0.29, 0.717) is 48.8 Å². The maximum absolute atomic E-state index is 11.8. The summed E-state index contributed by atoms with van der Waals surface area (Å²) in [4.78, 5) is 39.5. The average molecular weight is 447 g/mol. The number of hydrogen-bond donors (Lipinski definition) is 1. The van der Waals surface area contributed by atoms with Crippen LogP contribution < -0.4 is 5.32 Å². The molecule has 3 rings (SSSR count). The number of aldehydes is 1. The van der Waals surface area contributed by atoms with E-state index in [1.165, 1.54) is 0 Å². The summed E-state index contributed by atoms with van der Waals surface area (Å²) < 4.78 is 7.08. The molecule has 9 nitrogen and oxygen atoms in total. The minimum atomic E-state index is -0.542. The number of aromatic nitrogens is 4. The predicted molar refractivity (Wildman–Crippen MR) is 123 cm³/mol. The van der Waals surface area contributed by atoms with Gasteiger partial charge in [-0.15, -0.1) is 0 Å². The van der Waals surface area contributed by atoms with Crippen LogP contribution in [0.15, 0.2) is 36.8 Å². The monoisotopic (exact) mass is 446 g/mol. The summed E-state index contributed by atoms with van der Waals surface area (Å²) in [5.74, 6) is 1.23. The first-order chi connectivity index (χ1) is 15.7. The molecule has 0 spiro atoms. The van der Waals surface area contributed by atoms with Crippen molar-refractivity contribution in [3.63, 3.8) is 0 Å². The second-order valence-corrected chi connectivity index (χ2v) is 8.51. The van der Waals surface area contributed by atoms with Crippen LogP contribution in [0.1, 0.15) is 48.2 Å². The quantitative estimate of drug-likeness (QED) is 0.432. The van der Waals surface area contributed by atoms with E-state index in [0.717, 1.165) is 16.7 Å². The lowest BCUT2D eigenvalue weighted by Crippen LogP contribution is -2.33. The molecule has 0 aliphatic heterocycles. The first-order valence-electron chi connectivity index (χ1n) is 10.5. The van der Waals surface area contributed by atoms with Crippen molar-refractivity contribution in [3.05, 3.63) is 70.9 Å². The van der Waals surface area contributed by atoms with Gasteiger partial charge in [0.2, 0.25) is 0 Å². The van der Waals surface area contributed by atoms with Crippen LogP contribution in [0.2, 0.25) is 0 Å². The molecule has 9 heteroatoms. The lowest BCUT2D eigenvalue weighted by atomic mass is 10.1. The van der Waals surface area contributed by atoms with Crippen LogP contribution in [0.5, 0.6) is 0 Å². The Hall–Kier alpha value is -4.06. The summed E-state index contributed by atoms with van der Waals surface area (Å²) in [5, 5.41) is 2.72. The molecule has 1 amide bonds. The first kappa shape index (κ1) is 23.6. The zero-order chi connectivity index (χ0) is 24.0. The number of carbonyl (C=O) groups excluding carboxylic acids is 2. The van der Waals surface area contributed by atoms with Gasteiger partial charge in [-0.3, -0.25) is 4.79 Å². The van der Waals surface area contributed by atoms with E-state index in [2.05, 4.69) is 25.1 Å². The van der Waals surface area contributed by atoms with Crippen molar-refractivity contribution in [1.82, 2.24) is 24.8 Å². The largest absolute Gasteiger partial charge is 0.444 e. The fraction of sp³-hybridized carbons (Fsp3) is 0.333. The van der Waals surface area contributed by atoms with Crippen LogP contribution >= 0.6 is 0 Å². The van der Waals surface area contributed by atoms with Crippen LogP contribution in [0.25, 0.3) is 16.2 Å². The number of rotatable bonds is 7. The molecule has 0 aliphatic rings. The highest BCUT2D eigenvalue weighted by molar-refractivity contribution is 5.71. The number of amides is 1. The van der Waals surface area contributed by atoms with E-state index >= 15 is 0 Å². The lowest BCUT2D eigenvalue weighted by molar-refractivity contribution is 0.0528. The van der Waals surface area contributed by atoms with Crippen LogP contribution in [0.3, 0.4) is 0 Å². The molecule has 0 radical (unpaired) electrons. The Morgan fingerprint density at radius 1 is 1.27 bits per heavy atom. The molecule has 2 heterocycles. The van der Waals surface area contributed by atoms with Gasteiger partial charge in [-0.1, -0.05) is 18.2 Å². The van der Waals surface area contributed by atoms with Crippen LogP contribution in [-0.4, -0.2) is 44.0 Å². The maximum Gasteiger partial charge on any atom is 0.407 e. The number of carbonyl (C=O) groups is 2. The standard InChI is InChI=1S/C24H26N6O3/c1-16-29-20(15-31)14-30(16)13-18-10-19(25-5)6-7-21(18)22-27-11-17(12-28-22)8-9-26-23(32)33-24(2,3)4/h6-7,10-12,14-15H,8-9,13H2,1-4H3,(H,26,32). The fourth-order valence-electron chi connectivity index (χ4n) is 3.18. The van der Waals surface area contributed by atoms with Crippen LogP contribution in [0, 0.1) is 13.5 Å². The molecule has 2 aromatic heterocycles. The number of imidazole rings is 1. The number of nitrogens with one attached hydrogen (secondary N) is 1. The van der Waals surface area contributed by atoms with Gasteiger partial charge in [-0.25, -0.2) is 24.6 Å². The molecule has 0 aliphatic carbocycles. The molecular weight excluding hydrogens is 420 g/mol. The highest BCUT2D eigenvalue weighted by Gasteiger charge is 2.16. The van der Waals surface area contributed by atoms with Gasteiger partial charge in [0.1, 0.15) is 17.1 Å². The topological polar surface area (TPSA) is 103 Å². The zero-order valence-corrected chi connectivity index (χ0v) is 19.1. The minimum Gasteiger partial charge on any atom is -0.444 e. The summed E-state index contributed by atoms with van der Waals surface area (Å²) in [6.07, 6.45) is 5.93. The average Bonchev–Trinajstić information content (AvgIpc) is 3.12. The number of benzene rings is 1. The molecule has 0 saturated carbocycles. The van der Waals surface area contributed by atoms with Crippen molar-refractivity contribution in [2.24, 2.45) is 0 Å². The summed E-state index contributed by atoms with van der Waals surface area (Å²) >= 11 is 0. The van der Waals surface area contributed by atoms with Gasteiger partial charge in [-0.2, -0.15) is 0 Å². The number of ether oxygens (including phenoxy) is 1. The number of hydrogen-bond acceptors (Lipinski definition) is 6. The smallest absolute Gasteiger partial charge is 0.407 e. The fourth-order valence-corrected chi connectivity index (χ4v) is 3.18. The molecule has 1 aromatic carbocycles. The second-order valence-electron chi connectivity index (χ2n) is 8.51. The van der Waals surface area contributed by atoms with Gasteiger partial charge >= 0.3 is 6.09 Å². The highest BCUT2D eigenvalue weighted by atomic mass is 16.6. The van der Waals surface area contributed by atoms with Crippen molar-refractivity contribution in [1.29, 1.82) is 0 Å². The minimum absolute atomic E-state index is 0.357. The van der Waals surface area contributed by atoms with E-state index in [1.807, 2.05) is 38.3 Å². The van der Waals surface area contributed by atoms with Gasteiger partial charge in [0.25, 0.3) is 0 Å². The Kier molecular flexibility index (Phi) is 7.18. The number of aryl methyl sites for hydroxylation is 1. The van der Waals surface area contributed by atoms with Crippen molar-refractivity contribution in [2.75, 3.05) is 6.54 Å². The third-order valence-corrected chi connectivity index (χ3v) is 4.70. The molecule has 0 saturated heterocycles. The number of nitrogens with zero attached hydrogens (tertiary/aromatic N) is 5. The summed E-state index contributed by atoms with van der Waals surface area (Å²) in [7, 11) is 0. The van der Waals surface area contributed by atoms with E-state index in [1.54, 1.807) is 30.7 Å². The Morgan fingerprint density at radius 2 is 2.00 bits per heavy atom. The van der Waals surface area contributed by atoms with Crippen molar-refractivity contribution < 1.29 is 14.3 Å². The molecule has 0 bridgehead atoms. The van der Waals surface area contributed by atoms with Crippen molar-refractivity contribution in [2.45, 2.75) is 46.3 Å². The number of alkyl carbamates (subject to hydrolysis) is 1. The third-order valence-electron chi connectivity index (χ3n) is 4.70. The van der Waals surface area contributed by atoms with E-state index in [-0.39, 0.29) is 0 Å². The van der Waals surface area contributed by atoms with E-state index in [9.17, 15) is 9.59 Å². The van der Waals surface area contributed by atoms with Gasteiger partial charge in [0.05, 0.1) is 6.57 Å². The Balaban J connectivity index is 1.75. The summed E-state index contributed by atoms with van der Waals surface area (Å²) in [5.41, 5.74) is 2.83. The lowest BCUT2D eigenvalue weighted by Gasteiger charge is -2.19.